The molecule has 112 valence electrons. The Labute approximate surface area is 124 Å². The van der Waals surface area contributed by atoms with Crippen molar-refractivity contribution in [1.82, 2.24) is 4.31 Å². The first-order valence-corrected chi connectivity index (χ1v) is 8.14. The highest BCUT2D eigenvalue weighted by Gasteiger charge is 2.43. The normalized spacial score (nSPS) is 22.9. The maximum absolute atomic E-state index is 12.4. The van der Waals surface area contributed by atoms with Gasteiger partial charge in [-0.15, -0.1) is 0 Å². The largest absolute Gasteiger partial charge is 0.369 e. The Morgan fingerprint density at radius 1 is 1.43 bits per heavy atom. The van der Waals surface area contributed by atoms with Crippen molar-refractivity contribution in [3.63, 3.8) is 0 Å². The molecule has 1 aliphatic rings. The van der Waals surface area contributed by atoms with Crippen LogP contribution in [0.3, 0.4) is 0 Å². The van der Waals surface area contributed by atoms with E-state index in [-0.39, 0.29) is 12.3 Å². The molecule has 1 aromatic carbocycles. The second-order valence-corrected chi connectivity index (χ2v) is 7.54. The predicted molar refractivity (Wildman–Crippen MR) is 77.3 cm³/mol. The average molecular weight is 307 g/mol. The summed E-state index contributed by atoms with van der Waals surface area (Å²) in [6.07, 6.45) is 0.439. The summed E-state index contributed by atoms with van der Waals surface area (Å²) in [7, 11) is -3.49. The Morgan fingerprint density at radius 2 is 2.05 bits per heavy atom. The lowest BCUT2D eigenvalue weighted by Crippen LogP contribution is -2.39. The highest BCUT2D eigenvalue weighted by Crippen LogP contribution is 2.32. The van der Waals surface area contributed by atoms with Crippen LogP contribution in [0.25, 0.3) is 0 Å². The fraction of sp³-hybridized carbons (Fsp3) is 0.429. The molecule has 1 aromatic rings. The van der Waals surface area contributed by atoms with Crippen LogP contribution in [0.1, 0.15) is 24.5 Å². The summed E-state index contributed by atoms with van der Waals surface area (Å²) in [4.78, 5) is 11.4. The molecule has 1 fully saturated rings. The SMILES string of the molecule is CC1(C(N)=O)CCN(S(=O)(=O)Cc2ccc(C#N)cc2)C1. The Hall–Kier alpha value is -1.91. The molecule has 0 saturated carbocycles. The number of hydrogen-bond acceptors (Lipinski definition) is 4. The van der Waals surface area contributed by atoms with Gasteiger partial charge < -0.3 is 5.73 Å². The van der Waals surface area contributed by atoms with E-state index in [0.29, 0.717) is 24.1 Å². The van der Waals surface area contributed by atoms with E-state index in [1.165, 1.54) is 4.31 Å². The van der Waals surface area contributed by atoms with Crippen LogP contribution in [0.4, 0.5) is 0 Å². The van der Waals surface area contributed by atoms with Gasteiger partial charge in [0, 0.05) is 13.1 Å². The van der Waals surface area contributed by atoms with Crippen LogP contribution >= 0.6 is 0 Å². The summed E-state index contributed by atoms with van der Waals surface area (Å²) in [5.74, 6) is -0.619. The van der Waals surface area contributed by atoms with Gasteiger partial charge in [-0.2, -0.15) is 5.26 Å². The lowest BCUT2D eigenvalue weighted by atomic mass is 9.89. The number of benzene rings is 1. The Balaban J connectivity index is 2.12. The predicted octanol–water partition coefficient (Wildman–Crippen LogP) is 0.585. The van der Waals surface area contributed by atoms with E-state index in [1.54, 1.807) is 31.2 Å². The van der Waals surface area contributed by atoms with Crippen molar-refractivity contribution in [2.75, 3.05) is 13.1 Å². The molecule has 0 aliphatic carbocycles. The second-order valence-electron chi connectivity index (χ2n) is 5.57. The van der Waals surface area contributed by atoms with E-state index >= 15 is 0 Å². The highest BCUT2D eigenvalue weighted by molar-refractivity contribution is 7.88. The van der Waals surface area contributed by atoms with Gasteiger partial charge in [-0.25, -0.2) is 12.7 Å². The van der Waals surface area contributed by atoms with E-state index in [4.69, 9.17) is 11.0 Å². The number of sulfonamides is 1. The maximum Gasteiger partial charge on any atom is 0.224 e. The molecule has 21 heavy (non-hydrogen) atoms. The molecule has 7 heteroatoms. The first-order chi connectivity index (χ1) is 9.77. The summed E-state index contributed by atoms with van der Waals surface area (Å²) >= 11 is 0. The number of rotatable bonds is 4. The zero-order valence-corrected chi connectivity index (χ0v) is 12.6. The quantitative estimate of drug-likeness (QED) is 0.878. The van der Waals surface area contributed by atoms with Gasteiger partial charge in [0.2, 0.25) is 15.9 Å². The van der Waals surface area contributed by atoms with Crippen molar-refractivity contribution in [2.24, 2.45) is 11.1 Å². The zero-order chi connectivity index (χ0) is 15.7. The van der Waals surface area contributed by atoms with Crippen LogP contribution in [0.2, 0.25) is 0 Å². The van der Waals surface area contributed by atoms with E-state index in [0.717, 1.165) is 0 Å². The highest BCUT2D eigenvalue weighted by atomic mass is 32.2. The van der Waals surface area contributed by atoms with Crippen LogP contribution in [-0.4, -0.2) is 31.7 Å². The van der Waals surface area contributed by atoms with Gasteiger partial charge >= 0.3 is 0 Å². The number of carbonyl (C=O) groups is 1. The molecule has 0 bridgehead atoms. The van der Waals surface area contributed by atoms with Gasteiger partial charge in [-0.3, -0.25) is 4.79 Å². The molecule has 1 aliphatic heterocycles. The van der Waals surface area contributed by atoms with Gasteiger partial charge in [0.25, 0.3) is 0 Å². The van der Waals surface area contributed by atoms with Gasteiger partial charge in [0.15, 0.2) is 0 Å². The van der Waals surface area contributed by atoms with E-state index in [9.17, 15) is 13.2 Å². The third kappa shape index (κ3) is 3.23. The third-order valence-electron chi connectivity index (χ3n) is 3.86. The Kier molecular flexibility index (Phi) is 4.03. The summed E-state index contributed by atoms with van der Waals surface area (Å²) in [6, 6.07) is 8.40. The second kappa shape index (κ2) is 5.47. The van der Waals surface area contributed by atoms with Gasteiger partial charge in [0.1, 0.15) is 0 Å². The first kappa shape index (κ1) is 15.5. The van der Waals surface area contributed by atoms with Crippen molar-refractivity contribution in [2.45, 2.75) is 19.1 Å². The van der Waals surface area contributed by atoms with Gasteiger partial charge in [0.05, 0.1) is 22.8 Å². The average Bonchev–Trinajstić information content (AvgIpc) is 2.84. The summed E-state index contributed by atoms with van der Waals surface area (Å²) in [6.45, 7) is 2.12. The fourth-order valence-corrected chi connectivity index (χ4v) is 3.98. The molecule has 6 nitrogen and oxygen atoms in total. The van der Waals surface area contributed by atoms with Crippen LogP contribution in [-0.2, 0) is 20.6 Å². The lowest BCUT2D eigenvalue weighted by molar-refractivity contribution is -0.126. The summed E-state index contributed by atoms with van der Waals surface area (Å²) in [5.41, 5.74) is 5.63. The molecule has 1 heterocycles. The molecule has 1 unspecified atom stereocenters. The van der Waals surface area contributed by atoms with Crippen molar-refractivity contribution in [1.29, 1.82) is 5.26 Å². The van der Waals surface area contributed by atoms with Crippen molar-refractivity contribution < 1.29 is 13.2 Å². The van der Waals surface area contributed by atoms with E-state index < -0.39 is 21.3 Å². The number of hydrogen-bond donors (Lipinski definition) is 1. The molecule has 1 saturated heterocycles. The molecule has 0 spiro atoms. The zero-order valence-electron chi connectivity index (χ0n) is 11.7. The minimum Gasteiger partial charge on any atom is -0.369 e. The van der Waals surface area contributed by atoms with E-state index in [2.05, 4.69) is 0 Å². The number of nitrogens with two attached hydrogens (primary N) is 1. The maximum atomic E-state index is 12.4. The topological polar surface area (TPSA) is 104 Å². The lowest BCUT2D eigenvalue weighted by Gasteiger charge is -2.21. The molecule has 2 N–H and O–H groups in total. The summed E-state index contributed by atoms with van der Waals surface area (Å²) < 4.78 is 26.1. The van der Waals surface area contributed by atoms with Crippen LogP contribution < -0.4 is 5.73 Å². The molecular formula is C14H17N3O3S. The van der Waals surface area contributed by atoms with Crippen molar-refractivity contribution in [3.8, 4) is 6.07 Å². The van der Waals surface area contributed by atoms with Crippen molar-refractivity contribution in [3.05, 3.63) is 35.4 Å². The number of primary amides is 1. The first-order valence-electron chi connectivity index (χ1n) is 6.54. The third-order valence-corrected chi connectivity index (χ3v) is 5.66. The Bertz CT molecular complexity index is 691. The van der Waals surface area contributed by atoms with Gasteiger partial charge in [-0.1, -0.05) is 12.1 Å². The van der Waals surface area contributed by atoms with Crippen molar-refractivity contribution >= 4 is 15.9 Å². The number of amides is 1. The summed E-state index contributed by atoms with van der Waals surface area (Å²) in [5, 5.41) is 8.72. The smallest absolute Gasteiger partial charge is 0.224 e. The molecule has 1 amide bonds. The number of carbonyl (C=O) groups excluding carboxylic acids is 1. The minimum absolute atomic E-state index is 0.126. The molecule has 0 aromatic heterocycles. The molecule has 0 radical (unpaired) electrons. The van der Waals surface area contributed by atoms with Crippen LogP contribution in [0.5, 0.6) is 0 Å². The standard InChI is InChI=1S/C14H17N3O3S/c1-14(13(16)18)6-7-17(10-14)21(19,20)9-12-4-2-11(8-15)3-5-12/h2-5H,6-7,9-10H2,1H3,(H2,16,18). The van der Waals surface area contributed by atoms with Gasteiger partial charge in [-0.05, 0) is 31.0 Å². The molecule has 2 rings (SSSR count). The number of nitrogens with zero attached hydrogens (tertiary/aromatic N) is 2. The van der Waals surface area contributed by atoms with Crippen LogP contribution in [0.15, 0.2) is 24.3 Å². The Morgan fingerprint density at radius 3 is 2.52 bits per heavy atom. The monoisotopic (exact) mass is 307 g/mol. The fourth-order valence-electron chi connectivity index (χ4n) is 2.33. The number of nitriles is 1. The van der Waals surface area contributed by atoms with E-state index in [1.807, 2.05) is 6.07 Å². The minimum atomic E-state index is -3.49. The molecular weight excluding hydrogens is 290 g/mol. The van der Waals surface area contributed by atoms with Crippen LogP contribution in [0, 0.1) is 16.7 Å². The molecule has 1 atom stereocenters.